The number of para-hydroxylation sites is 1. The molecule has 27 heavy (non-hydrogen) atoms. The molecule has 0 N–H and O–H groups in total. The van der Waals surface area contributed by atoms with Gasteiger partial charge in [-0.25, -0.2) is 0 Å². The maximum atomic E-state index is 12.0. The van der Waals surface area contributed by atoms with Gasteiger partial charge in [-0.05, 0) is 17.7 Å². The Morgan fingerprint density at radius 2 is 1.59 bits per heavy atom. The van der Waals surface area contributed by atoms with Crippen LogP contribution in [0.5, 0.6) is 17.2 Å². The van der Waals surface area contributed by atoms with E-state index in [9.17, 15) is 4.79 Å². The van der Waals surface area contributed by atoms with Crippen molar-refractivity contribution in [1.29, 1.82) is 0 Å². The van der Waals surface area contributed by atoms with Gasteiger partial charge in [-0.2, -0.15) is 0 Å². The van der Waals surface area contributed by atoms with E-state index in [1.807, 2.05) is 24.3 Å². The molecule has 7 nitrogen and oxygen atoms in total. The highest BCUT2D eigenvalue weighted by atomic mass is 16.7. The van der Waals surface area contributed by atoms with E-state index in [-0.39, 0.29) is 26.0 Å². The average molecular weight is 376 g/mol. The average Bonchev–Trinajstić information content (AvgIpc) is 2.70. The molecule has 2 rings (SSSR count). The fourth-order valence-electron chi connectivity index (χ4n) is 2.62. The molecular weight excluding hydrogens is 352 g/mol. The van der Waals surface area contributed by atoms with E-state index < -0.39 is 0 Å². The van der Waals surface area contributed by atoms with E-state index in [1.54, 1.807) is 19.2 Å². The molecule has 0 bridgehead atoms. The number of carbonyl (C=O) groups is 1. The van der Waals surface area contributed by atoms with E-state index in [4.69, 9.17) is 28.4 Å². The molecule has 0 aliphatic rings. The van der Waals surface area contributed by atoms with Crippen LogP contribution in [0.15, 0.2) is 36.4 Å². The molecule has 0 amide bonds. The maximum absolute atomic E-state index is 12.0. The Morgan fingerprint density at radius 1 is 0.889 bits per heavy atom. The zero-order valence-corrected chi connectivity index (χ0v) is 15.9. The summed E-state index contributed by atoms with van der Waals surface area (Å²) >= 11 is 0. The highest BCUT2D eigenvalue weighted by molar-refractivity contribution is 5.84. The van der Waals surface area contributed by atoms with E-state index >= 15 is 0 Å². The van der Waals surface area contributed by atoms with Crippen LogP contribution < -0.4 is 14.2 Å². The molecule has 0 unspecified atom stereocenters. The standard InChI is InChI=1S/C20H24O7/c1-22-12-26-15-9-14(10-19(21)25-4)20(18(11-15)27-13-23-2)16-7-5-6-8-17(16)24-3/h5-9,11H,10,12-13H2,1-4H3. The monoisotopic (exact) mass is 376 g/mol. The number of carbonyl (C=O) groups excluding carboxylic acids is 1. The van der Waals surface area contributed by atoms with Crippen LogP contribution in [0.3, 0.4) is 0 Å². The van der Waals surface area contributed by atoms with Crippen LogP contribution in [0.4, 0.5) is 0 Å². The SMILES string of the molecule is COCOc1cc(CC(=O)OC)c(-c2ccccc2OC)c(OCOC)c1. The third kappa shape index (κ3) is 5.35. The molecule has 2 aromatic rings. The molecule has 0 atom stereocenters. The molecule has 0 fully saturated rings. The molecule has 0 spiro atoms. The van der Waals surface area contributed by atoms with Gasteiger partial charge >= 0.3 is 5.97 Å². The topological polar surface area (TPSA) is 72.5 Å². The summed E-state index contributed by atoms with van der Waals surface area (Å²) in [5, 5.41) is 0. The van der Waals surface area contributed by atoms with Crippen LogP contribution in [-0.2, 0) is 25.4 Å². The fourth-order valence-corrected chi connectivity index (χ4v) is 2.62. The van der Waals surface area contributed by atoms with E-state index in [0.29, 0.717) is 28.4 Å². The highest BCUT2D eigenvalue weighted by Gasteiger charge is 2.20. The normalized spacial score (nSPS) is 10.4. The minimum Gasteiger partial charge on any atom is -0.496 e. The van der Waals surface area contributed by atoms with Crippen molar-refractivity contribution in [3.63, 3.8) is 0 Å². The molecule has 0 radical (unpaired) electrons. The van der Waals surface area contributed by atoms with Crippen LogP contribution >= 0.6 is 0 Å². The molecule has 0 aliphatic heterocycles. The van der Waals surface area contributed by atoms with Crippen molar-refractivity contribution in [2.24, 2.45) is 0 Å². The minimum atomic E-state index is -0.382. The second-order valence-corrected chi connectivity index (χ2v) is 5.51. The van der Waals surface area contributed by atoms with Gasteiger partial charge in [-0.1, -0.05) is 18.2 Å². The number of rotatable bonds is 10. The van der Waals surface area contributed by atoms with Gasteiger partial charge in [0.25, 0.3) is 0 Å². The smallest absolute Gasteiger partial charge is 0.310 e. The quantitative estimate of drug-likeness (QED) is 0.466. The van der Waals surface area contributed by atoms with Crippen molar-refractivity contribution < 1.29 is 33.2 Å². The number of benzene rings is 2. The lowest BCUT2D eigenvalue weighted by molar-refractivity contribution is -0.139. The third-order valence-electron chi connectivity index (χ3n) is 3.77. The Labute approximate surface area is 158 Å². The number of methoxy groups -OCH3 is 4. The van der Waals surface area contributed by atoms with Crippen molar-refractivity contribution >= 4 is 5.97 Å². The number of ether oxygens (including phenoxy) is 6. The molecule has 146 valence electrons. The molecular formula is C20H24O7. The summed E-state index contributed by atoms with van der Waals surface area (Å²) in [5.41, 5.74) is 2.16. The zero-order valence-electron chi connectivity index (χ0n) is 15.9. The van der Waals surface area contributed by atoms with Crippen molar-refractivity contribution in [3.05, 3.63) is 42.0 Å². The Hall–Kier alpha value is -2.77. The lowest BCUT2D eigenvalue weighted by atomic mass is 9.95. The first-order valence-corrected chi connectivity index (χ1v) is 8.25. The van der Waals surface area contributed by atoms with Gasteiger partial charge < -0.3 is 28.4 Å². The van der Waals surface area contributed by atoms with Crippen LogP contribution in [0.25, 0.3) is 11.1 Å². The summed E-state index contributed by atoms with van der Waals surface area (Å²) in [5.74, 6) is 1.26. The van der Waals surface area contributed by atoms with Crippen LogP contribution in [0.1, 0.15) is 5.56 Å². The Balaban J connectivity index is 2.65. The van der Waals surface area contributed by atoms with Crippen LogP contribution in [0, 0.1) is 0 Å². The number of hydrogen-bond acceptors (Lipinski definition) is 7. The maximum Gasteiger partial charge on any atom is 0.310 e. The summed E-state index contributed by atoms with van der Waals surface area (Å²) in [4.78, 5) is 12.0. The van der Waals surface area contributed by atoms with E-state index in [1.165, 1.54) is 21.3 Å². The predicted octanol–water partition coefficient (Wildman–Crippen LogP) is 3.04. The Morgan fingerprint density at radius 3 is 2.26 bits per heavy atom. The van der Waals surface area contributed by atoms with Gasteiger partial charge in [0.15, 0.2) is 13.6 Å². The molecule has 0 aromatic heterocycles. The molecule has 2 aromatic carbocycles. The Bertz CT molecular complexity index is 758. The van der Waals surface area contributed by atoms with E-state index in [0.717, 1.165) is 5.56 Å². The van der Waals surface area contributed by atoms with Crippen LogP contribution in [-0.4, -0.2) is 48.0 Å². The van der Waals surface area contributed by atoms with Gasteiger partial charge in [0.2, 0.25) is 0 Å². The molecule has 0 aliphatic carbocycles. The van der Waals surface area contributed by atoms with Crippen molar-refractivity contribution in [2.45, 2.75) is 6.42 Å². The first-order valence-electron chi connectivity index (χ1n) is 8.25. The first-order chi connectivity index (χ1) is 13.1. The Kier molecular flexibility index (Phi) is 7.91. The van der Waals surface area contributed by atoms with E-state index in [2.05, 4.69) is 0 Å². The summed E-state index contributed by atoms with van der Waals surface area (Å²) < 4.78 is 31.7. The molecule has 7 heteroatoms. The lowest BCUT2D eigenvalue weighted by Crippen LogP contribution is -2.09. The molecule has 0 saturated carbocycles. The highest BCUT2D eigenvalue weighted by Crippen LogP contribution is 2.41. The zero-order chi connectivity index (χ0) is 19.6. The lowest BCUT2D eigenvalue weighted by Gasteiger charge is -2.19. The second kappa shape index (κ2) is 10.4. The van der Waals surface area contributed by atoms with Crippen molar-refractivity contribution in [2.75, 3.05) is 42.0 Å². The predicted molar refractivity (Wildman–Crippen MR) is 99.2 cm³/mol. The molecule has 0 heterocycles. The van der Waals surface area contributed by atoms with Crippen molar-refractivity contribution in [1.82, 2.24) is 0 Å². The van der Waals surface area contributed by atoms with Gasteiger partial charge in [0.1, 0.15) is 17.2 Å². The van der Waals surface area contributed by atoms with Gasteiger partial charge in [-0.15, -0.1) is 0 Å². The summed E-state index contributed by atoms with van der Waals surface area (Å²) in [7, 11) is 5.99. The van der Waals surface area contributed by atoms with Gasteiger partial charge in [0, 0.05) is 31.4 Å². The second-order valence-electron chi connectivity index (χ2n) is 5.51. The summed E-state index contributed by atoms with van der Waals surface area (Å²) in [6.45, 7) is 0.100. The number of esters is 1. The minimum absolute atomic E-state index is 0.0353. The number of hydrogen-bond donors (Lipinski definition) is 0. The first kappa shape index (κ1) is 20.5. The fraction of sp³-hybridized carbons (Fsp3) is 0.350. The van der Waals surface area contributed by atoms with Crippen LogP contribution in [0.2, 0.25) is 0 Å². The van der Waals surface area contributed by atoms with Gasteiger partial charge in [0.05, 0.1) is 20.6 Å². The summed E-state index contributed by atoms with van der Waals surface area (Å²) in [6, 6.07) is 11.0. The third-order valence-corrected chi connectivity index (χ3v) is 3.77. The van der Waals surface area contributed by atoms with Gasteiger partial charge in [-0.3, -0.25) is 4.79 Å². The largest absolute Gasteiger partial charge is 0.496 e. The summed E-state index contributed by atoms with van der Waals surface area (Å²) in [6.07, 6.45) is 0.0391. The molecule has 0 saturated heterocycles. The van der Waals surface area contributed by atoms with Crippen molar-refractivity contribution in [3.8, 4) is 28.4 Å².